The molecule has 0 amide bonds. The summed E-state index contributed by atoms with van der Waals surface area (Å²) in [6.45, 7) is 5.54. The number of rotatable bonds is 4. The van der Waals surface area contributed by atoms with Gasteiger partial charge in [-0.15, -0.1) is 0 Å². The second-order valence-electron chi connectivity index (χ2n) is 9.16. The normalized spacial score (nSPS) is 25.6. The van der Waals surface area contributed by atoms with Crippen LogP contribution in [0.25, 0.3) is 22.3 Å². The summed E-state index contributed by atoms with van der Waals surface area (Å²) < 4.78 is 27.9. The van der Waals surface area contributed by atoms with Gasteiger partial charge < -0.3 is 15.2 Å². The number of nitrogens with one attached hydrogen (secondary N) is 2. The summed E-state index contributed by atoms with van der Waals surface area (Å²) in [6, 6.07) is 5.97. The number of alkyl halides is 2. The van der Waals surface area contributed by atoms with Crippen LogP contribution in [0, 0.1) is 0 Å². The number of hydrogen-bond donors (Lipinski definition) is 2. The smallest absolute Gasteiger partial charge is 0.260 e. The first kappa shape index (κ1) is 18.2. The average molecular weight is 409 g/mol. The first-order valence-electron chi connectivity index (χ1n) is 10.8. The Bertz CT molecular complexity index is 1130. The van der Waals surface area contributed by atoms with Gasteiger partial charge in [0.05, 0.1) is 11.1 Å². The highest BCUT2D eigenvalue weighted by Gasteiger charge is 2.69. The monoisotopic (exact) mass is 409 g/mol. The highest BCUT2D eigenvalue weighted by atomic mass is 19.3. The molecule has 7 heteroatoms. The van der Waals surface area contributed by atoms with Crippen molar-refractivity contribution < 1.29 is 8.78 Å². The van der Waals surface area contributed by atoms with Gasteiger partial charge in [0.2, 0.25) is 0 Å². The van der Waals surface area contributed by atoms with Crippen LogP contribution < -0.4 is 10.2 Å². The van der Waals surface area contributed by atoms with Crippen LogP contribution in [0.2, 0.25) is 0 Å². The van der Waals surface area contributed by atoms with Gasteiger partial charge in [0.15, 0.2) is 0 Å². The fourth-order valence-electron chi connectivity index (χ4n) is 4.73. The molecule has 0 spiro atoms. The quantitative estimate of drug-likeness (QED) is 0.678. The third kappa shape index (κ3) is 2.75. The van der Waals surface area contributed by atoms with Gasteiger partial charge in [-0.1, -0.05) is 0 Å². The lowest BCUT2D eigenvalue weighted by Crippen LogP contribution is -2.43. The number of fused-ring (bicyclic) bond motifs is 1. The van der Waals surface area contributed by atoms with Gasteiger partial charge in [0, 0.05) is 67.3 Å². The number of anilines is 1. The molecule has 1 atom stereocenters. The van der Waals surface area contributed by atoms with Crippen molar-refractivity contribution in [3.63, 3.8) is 0 Å². The SMILES string of the molecule is CC1(c2cc3c(-c4cc(N5CCNCC5)c(C5CC5)cn4)ccnc3[nH]2)CC1(F)F. The Morgan fingerprint density at radius 2 is 1.90 bits per heavy atom. The molecule has 3 fully saturated rings. The number of aromatic amines is 1. The summed E-state index contributed by atoms with van der Waals surface area (Å²) in [5, 5.41) is 4.27. The summed E-state index contributed by atoms with van der Waals surface area (Å²) in [5.74, 6) is -2.04. The molecule has 6 rings (SSSR count). The number of aromatic nitrogens is 3. The molecule has 3 aromatic rings. The predicted molar refractivity (Wildman–Crippen MR) is 113 cm³/mol. The van der Waals surface area contributed by atoms with Gasteiger partial charge in [-0.2, -0.15) is 0 Å². The zero-order valence-electron chi connectivity index (χ0n) is 17.0. The van der Waals surface area contributed by atoms with E-state index >= 15 is 0 Å². The van der Waals surface area contributed by atoms with E-state index in [0.29, 0.717) is 17.3 Å². The first-order valence-corrected chi connectivity index (χ1v) is 10.8. The van der Waals surface area contributed by atoms with Crippen LogP contribution in [0.4, 0.5) is 14.5 Å². The Morgan fingerprint density at radius 3 is 2.60 bits per heavy atom. The van der Waals surface area contributed by atoms with E-state index in [1.807, 2.05) is 18.3 Å². The van der Waals surface area contributed by atoms with E-state index in [4.69, 9.17) is 4.98 Å². The third-order valence-corrected chi connectivity index (χ3v) is 7.05. The summed E-state index contributed by atoms with van der Waals surface area (Å²) >= 11 is 0. The molecule has 1 unspecified atom stereocenters. The van der Waals surface area contributed by atoms with Crippen LogP contribution in [0.1, 0.15) is 43.4 Å². The zero-order valence-corrected chi connectivity index (χ0v) is 17.0. The van der Waals surface area contributed by atoms with Gasteiger partial charge in [-0.25, -0.2) is 13.8 Å². The van der Waals surface area contributed by atoms with Crippen LogP contribution in [0.3, 0.4) is 0 Å². The Hall–Kier alpha value is -2.54. The lowest BCUT2D eigenvalue weighted by molar-refractivity contribution is 0.0912. The maximum absolute atomic E-state index is 13.9. The number of hydrogen-bond acceptors (Lipinski definition) is 4. The number of piperazine rings is 1. The third-order valence-electron chi connectivity index (χ3n) is 7.05. The predicted octanol–water partition coefficient (Wildman–Crippen LogP) is 4.21. The lowest BCUT2D eigenvalue weighted by Gasteiger charge is -2.31. The van der Waals surface area contributed by atoms with Crippen LogP contribution in [-0.4, -0.2) is 47.1 Å². The molecule has 5 nitrogen and oxygen atoms in total. The van der Waals surface area contributed by atoms with Crippen molar-refractivity contribution in [1.82, 2.24) is 20.3 Å². The molecule has 3 aromatic heterocycles. The molecular formula is C23H25F2N5. The fourth-order valence-corrected chi connectivity index (χ4v) is 4.73. The van der Waals surface area contributed by atoms with E-state index in [-0.39, 0.29) is 6.42 Å². The van der Waals surface area contributed by atoms with Gasteiger partial charge in [-0.3, -0.25) is 4.98 Å². The molecule has 2 saturated carbocycles. The molecule has 0 bridgehead atoms. The van der Waals surface area contributed by atoms with Crippen LogP contribution in [0.5, 0.6) is 0 Å². The van der Waals surface area contributed by atoms with Gasteiger partial charge in [0.25, 0.3) is 5.92 Å². The molecule has 30 heavy (non-hydrogen) atoms. The second-order valence-corrected chi connectivity index (χ2v) is 9.16. The van der Waals surface area contributed by atoms with Crippen molar-refractivity contribution in [3.8, 4) is 11.3 Å². The molecule has 1 aliphatic heterocycles. The summed E-state index contributed by atoms with van der Waals surface area (Å²) in [4.78, 5) is 14.8. The fraction of sp³-hybridized carbons (Fsp3) is 0.478. The van der Waals surface area contributed by atoms with Crippen molar-refractivity contribution >= 4 is 16.7 Å². The lowest BCUT2D eigenvalue weighted by atomic mass is 10.0. The van der Waals surface area contributed by atoms with E-state index in [2.05, 4.69) is 26.3 Å². The Balaban J connectivity index is 1.45. The van der Waals surface area contributed by atoms with Crippen LogP contribution >= 0.6 is 0 Å². The highest BCUT2D eigenvalue weighted by Crippen LogP contribution is 2.61. The summed E-state index contributed by atoms with van der Waals surface area (Å²) in [7, 11) is 0. The molecular weight excluding hydrogens is 384 g/mol. The molecule has 0 aromatic carbocycles. The number of pyridine rings is 2. The Morgan fingerprint density at radius 1 is 1.13 bits per heavy atom. The average Bonchev–Trinajstić information content (AvgIpc) is 3.62. The molecule has 156 valence electrons. The van der Waals surface area contributed by atoms with Gasteiger partial charge >= 0.3 is 0 Å². The largest absolute Gasteiger partial charge is 0.369 e. The van der Waals surface area contributed by atoms with Crippen LogP contribution in [0.15, 0.2) is 30.6 Å². The van der Waals surface area contributed by atoms with Crippen LogP contribution in [-0.2, 0) is 5.41 Å². The maximum Gasteiger partial charge on any atom is 0.260 e. The minimum Gasteiger partial charge on any atom is -0.369 e. The maximum atomic E-state index is 13.9. The minimum atomic E-state index is -2.66. The molecule has 2 aliphatic carbocycles. The molecule has 1 saturated heterocycles. The van der Waals surface area contributed by atoms with E-state index in [1.165, 1.54) is 24.1 Å². The first-order chi connectivity index (χ1) is 14.5. The van der Waals surface area contributed by atoms with Crippen molar-refractivity contribution in [2.75, 3.05) is 31.1 Å². The van der Waals surface area contributed by atoms with Crippen molar-refractivity contribution in [3.05, 3.63) is 41.9 Å². The topological polar surface area (TPSA) is 56.8 Å². The van der Waals surface area contributed by atoms with E-state index in [0.717, 1.165) is 42.8 Å². The Labute approximate surface area is 173 Å². The minimum absolute atomic E-state index is 0.121. The summed E-state index contributed by atoms with van der Waals surface area (Å²) in [5.41, 5.74) is 4.49. The van der Waals surface area contributed by atoms with E-state index < -0.39 is 11.3 Å². The van der Waals surface area contributed by atoms with Crippen molar-refractivity contribution in [2.24, 2.45) is 0 Å². The summed E-state index contributed by atoms with van der Waals surface area (Å²) in [6.07, 6.45) is 6.09. The van der Waals surface area contributed by atoms with Crippen molar-refractivity contribution in [1.29, 1.82) is 0 Å². The molecule has 2 N–H and O–H groups in total. The van der Waals surface area contributed by atoms with E-state index in [9.17, 15) is 8.78 Å². The number of halogens is 2. The van der Waals surface area contributed by atoms with E-state index in [1.54, 1.807) is 13.1 Å². The van der Waals surface area contributed by atoms with Gasteiger partial charge in [0.1, 0.15) is 5.65 Å². The van der Waals surface area contributed by atoms with Gasteiger partial charge in [-0.05, 0) is 49.4 Å². The molecule has 4 heterocycles. The number of nitrogens with zero attached hydrogens (tertiary/aromatic N) is 3. The number of H-pyrrole nitrogens is 1. The second kappa shape index (κ2) is 6.23. The molecule has 0 radical (unpaired) electrons. The molecule has 3 aliphatic rings. The zero-order chi connectivity index (χ0) is 20.5. The highest BCUT2D eigenvalue weighted by molar-refractivity contribution is 5.93. The standard InChI is InChI=1S/C23H25F2N5/c1-22(13-23(22,24)25)20-10-16-15(4-5-27-21(16)29-20)18-11-19(30-8-6-26-7-9-30)17(12-28-18)14-2-3-14/h4-5,10-12,14,26H,2-3,6-9,13H2,1H3,(H,27,29). The Kier molecular flexibility index (Phi) is 3.79. The van der Waals surface area contributed by atoms with Crippen molar-refractivity contribution in [2.45, 2.75) is 43.4 Å².